The van der Waals surface area contributed by atoms with Gasteiger partial charge in [0.2, 0.25) is 0 Å². The first-order valence-electron chi connectivity index (χ1n) is 16.0. The Hall–Kier alpha value is -3.64. The van der Waals surface area contributed by atoms with E-state index in [1.54, 1.807) is 31.2 Å². The van der Waals surface area contributed by atoms with Gasteiger partial charge in [-0.2, -0.15) is 0 Å². The van der Waals surface area contributed by atoms with Gasteiger partial charge in [-0.1, -0.05) is 20.8 Å². The zero-order chi connectivity index (χ0) is 33.6. The smallest absolute Gasteiger partial charge is 0.303 e. The average Bonchev–Trinajstić information content (AvgIpc) is 3.59. The van der Waals surface area contributed by atoms with Crippen molar-refractivity contribution in [3.63, 3.8) is 0 Å². The molecule has 0 saturated carbocycles. The number of nitrogens with one attached hydrogen (secondary N) is 2. The predicted molar refractivity (Wildman–Crippen MR) is 187 cm³/mol. The Morgan fingerprint density at radius 1 is 1.11 bits per heavy atom. The number of fused-ring (bicyclic) bond motifs is 1. The number of benzene rings is 2. The van der Waals surface area contributed by atoms with E-state index < -0.39 is 5.97 Å². The number of hydrogen-bond donors (Lipinski definition) is 3. The molecule has 0 radical (unpaired) electrons. The van der Waals surface area contributed by atoms with E-state index in [0.29, 0.717) is 67.6 Å². The maximum Gasteiger partial charge on any atom is 0.303 e. The Bertz CT molecular complexity index is 1470. The topological polar surface area (TPSA) is 141 Å². The number of ketones is 1. The molecule has 2 aliphatic rings. The Kier molecular flexibility index (Phi) is 13.2. The maximum absolute atomic E-state index is 14.0. The Morgan fingerprint density at radius 3 is 2.49 bits per heavy atom. The minimum absolute atomic E-state index is 0. The van der Waals surface area contributed by atoms with Crippen LogP contribution in [0.15, 0.2) is 24.3 Å². The van der Waals surface area contributed by atoms with Gasteiger partial charge in [-0.15, -0.1) is 17.0 Å². The number of nitrogens with zero attached hydrogens (tertiary/aromatic N) is 2. The molecule has 2 heterocycles. The average molecular weight is 718 g/mol. The summed E-state index contributed by atoms with van der Waals surface area (Å²) in [4.78, 5) is 41.6. The van der Waals surface area contributed by atoms with Crippen molar-refractivity contribution in [3.8, 4) is 11.5 Å². The molecule has 1 saturated heterocycles. The van der Waals surface area contributed by atoms with Gasteiger partial charge in [0.25, 0.3) is 5.91 Å². The fourth-order valence-electron chi connectivity index (χ4n) is 6.11. The Labute approximate surface area is 288 Å². The van der Waals surface area contributed by atoms with Crippen molar-refractivity contribution in [3.05, 3.63) is 52.1 Å². The van der Waals surface area contributed by atoms with Crippen molar-refractivity contribution in [2.24, 2.45) is 5.92 Å². The summed E-state index contributed by atoms with van der Waals surface area (Å²) in [6.07, 6.45) is 2.18. The van der Waals surface area contributed by atoms with Gasteiger partial charge < -0.3 is 34.4 Å². The van der Waals surface area contributed by atoms with Crippen LogP contribution in [0.5, 0.6) is 11.5 Å². The van der Waals surface area contributed by atoms with Crippen LogP contribution >= 0.6 is 17.0 Å². The summed E-state index contributed by atoms with van der Waals surface area (Å²) < 4.78 is 17.6. The second-order valence-corrected chi connectivity index (χ2v) is 13.0. The number of hydrogen-bond acceptors (Lipinski definition) is 8. The molecule has 0 aliphatic carbocycles. The molecule has 47 heavy (non-hydrogen) atoms. The fraction of sp³-hybridized carbons (Fsp3) is 0.543. The number of carbonyl (C=O) groups excluding carboxylic acids is 2. The highest BCUT2D eigenvalue weighted by molar-refractivity contribution is 8.93. The van der Waals surface area contributed by atoms with Crippen molar-refractivity contribution in [1.29, 1.82) is 5.41 Å². The minimum atomic E-state index is -0.823. The highest BCUT2D eigenvalue weighted by atomic mass is 79.9. The van der Waals surface area contributed by atoms with Crippen LogP contribution in [0.2, 0.25) is 0 Å². The molecular formula is C35H49BrN4O7. The lowest BCUT2D eigenvalue weighted by Gasteiger charge is -2.30. The van der Waals surface area contributed by atoms with Crippen molar-refractivity contribution in [2.45, 2.75) is 65.3 Å². The van der Waals surface area contributed by atoms with Crippen LogP contribution in [0, 0.1) is 11.3 Å². The number of carboxylic acids is 1. The van der Waals surface area contributed by atoms with Crippen LogP contribution in [0.3, 0.4) is 0 Å². The van der Waals surface area contributed by atoms with Crippen molar-refractivity contribution < 1.29 is 33.7 Å². The first kappa shape index (κ1) is 37.8. The SMILES string of the molecule is Br.CCOc1cc2c(cc1C(=O)NC)C(=N)N(CC(=O)c1cc(N3CCC(COC)C3)c(OCCCCC(=O)O)c(C(C)(C)C)c1)C2. The Morgan fingerprint density at radius 2 is 1.85 bits per heavy atom. The van der Waals surface area contributed by atoms with Gasteiger partial charge in [0.05, 0.1) is 37.6 Å². The van der Waals surface area contributed by atoms with E-state index in [2.05, 4.69) is 31.0 Å². The number of ether oxygens (including phenoxy) is 3. The molecule has 4 rings (SSSR count). The molecular weight excluding hydrogens is 668 g/mol. The number of carbonyl (C=O) groups is 3. The number of halogens is 1. The molecule has 258 valence electrons. The van der Waals surface area contributed by atoms with Crippen LogP contribution in [-0.2, 0) is 21.5 Å². The second kappa shape index (κ2) is 16.5. The van der Waals surface area contributed by atoms with Crippen molar-refractivity contribution >= 4 is 46.2 Å². The number of rotatable bonds is 15. The summed E-state index contributed by atoms with van der Waals surface area (Å²) in [6, 6.07) is 7.28. The molecule has 1 unspecified atom stereocenters. The molecule has 1 atom stereocenters. The lowest BCUT2D eigenvalue weighted by atomic mass is 9.84. The van der Waals surface area contributed by atoms with Crippen molar-refractivity contribution in [1.82, 2.24) is 10.2 Å². The molecule has 0 spiro atoms. The highest BCUT2D eigenvalue weighted by Crippen LogP contribution is 2.42. The van der Waals surface area contributed by atoms with Crippen LogP contribution in [0.4, 0.5) is 5.69 Å². The first-order chi connectivity index (χ1) is 21.9. The maximum atomic E-state index is 14.0. The molecule has 3 N–H and O–H groups in total. The quantitative estimate of drug-likeness (QED) is 0.162. The molecule has 2 aromatic carbocycles. The lowest BCUT2D eigenvalue weighted by molar-refractivity contribution is -0.137. The van der Waals surface area contributed by atoms with E-state index in [0.717, 1.165) is 42.1 Å². The summed E-state index contributed by atoms with van der Waals surface area (Å²) in [5.41, 5.74) is 3.74. The number of unbranched alkanes of at least 4 members (excludes halogenated alkanes) is 1. The van der Waals surface area contributed by atoms with Crippen LogP contribution in [0.25, 0.3) is 0 Å². The number of carboxylic acid groups (broad SMARTS) is 1. The van der Waals surface area contributed by atoms with Crippen LogP contribution < -0.4 is 19.7 Å². The summed E-state index contributed by atoms with van der Waals surface area (Å²) in [5.74, 6) is 0.486. The van der Waals surface area contributed by atoms with E-state index >= 15 is 0 Å². The fourth-order valence-corrected chi connectivity index (χ4v) is 6.11. The van der Waals surface area contributed by atoms with E-state index in [9.17, 15) is 14.4 Å². The molecule has 2 aromatic rings. The first-order valence-corrected chi connectivity index (χ1v) is 16.0. The van der Waals surface area contributed by atoms with Gasteiger partial charge in [-0.3, -0.25) is 19.8 Å². The van der Waals surface area contributed by atoms with E-state index in [1.807, 2.05) is 19.1 Å². The minimum Gasteiger partial charge on any atom is -0.493 e. The van der Waals surface area contributed by atoms with Gasteiger partial charge in [0, 0.05) is 62.8 Å². The molecule has 2 aliphatic heterocycles. The summed E-state index contributed by atoms with van der Waals surface area (Å²) in [6.45, 7) is 11.4. The number of anilines is 1. The van der Waals surface area contributed by atoms with E-state index in [-0.39, 0.29) is 52.9 Å². The second-order valence-electron chi connectivity index (χ2n) is 13.0. The Balaban J connectivity index is 0.00000600. The van der Waals surface area contributed by atoms with Gasteiger partial charge in [-0.25, -0.2) is 0 Å². The largest absolute Gasteiger partial charge is 0.493 e. The third-order valence-electron chi connectivity index (χ3n) is 8.50. The molecule has 0 aromatic heterocycles. The molecule has 11 nitrogen and oxygen atoms in total. The highest BCUT2D eigenvalue weighted by Gasteiger charge is 2.33. The van der Waals surface area contributed by atoms with Gasteiger partial charge in [-0.05, 0) is 61.4 Å². The van der Waals surface area contributed by atoms with Crippen molar-refractivity contribution in [2.75, 3.05) is 58.5 Å². The van der Waals surface area contributed by atoms with Gasteiger partial charge in [0.15, 0.2) is 5.78 Å². The number of methoxy groups -OCH3 is 1. The normalized spacial score (nSPS) is 15.7. The third-order valence-corrected chi connectivity index (χ3v) is 8.50. The molecule has 1 fully saturated rings. The number of amides is 1. The summed E-state index contributed by atoms with van der Waals surface area (Å²) in [7, 11) is 3.26. The van der Waals surface area contributed by atoms with Crippen LogP contribution in [0.1, 0.15) is 90.8 Å². The lowest BCUT2D eigenvalue weighted by Crippen LogP contribution is -2.31. The van der Waals surface area contributed by atoms with E-state index in [4.69, 9.17) is 24.7 Å². The van der Waals surface area contributed by atoms with Gasteiger partial charge in [0.1, 0.15) is 17.3 Å². The molecule has 12 heteroatoms. The summed E-state index contributed by atoms with van der Waals surface area (Å²) >= 11 is 0. The van der Waals surface area contributed by atoms with E-state index in [1.165, 1.54) is 0 Å². The number of amidine groups is 1. The molecule has 1 amide bonds. The monoisotopic (exact) mass is 716 g/mol. The number of aliphatic carboxylic acids is 1. The third kappa shape index (κ3) is 9.04. The van der Waals surface area contributed by atoms with Crippen LogP contribution in [-0.4, -0.2) is 87.1 Å². The molecule has 0 bridgehead atoms. The summed E-state index contributed by atoms with van der Waals surface area (Å²) in [5, 5.41) is 20.6. The standard InChI is InChI=1S/C35H48N4O7.BrH/c1-7-45-30-16-24-19-39(33(36)25(24)17-26(30)34(43)37-5)20-29(40)23-14-27(35(2,3)4)32(46-13-9-8-10-31(41)42)28(15-23)38-12-11-22(18-38)21-44-6;/h14-17,22,36H,7-13,18-21H2,1-6H3,(H,37,43)(H,41,42);1H. The zero-order valence-corrected chi connectivity index (χ0v) is 30.1. The number of Topliss-reactive ketones (excluding diaryl/α,β-unsaturated/α-hetero) is 1. The zero-order valence-electron chi connectivity index (χ0n) is 28.4. The van der Waals surface area contributed by atoms with Gasteiger partial charge >= 0.3 is 5.97 Å². The predicted octanol–water partition coefficient (Wildman–Crippen LogP) is 5.45.